The molecule has 25 heavy (non-hydrogen) atoms. The van der Waals surface area contributed by atoms with Crippen LogP contribution in [-0.4, -0.2) is 19.9 Å². The fourth-order valence-electron chi connectivity index (χ4n) is 2.56. The Morgan fingerprint density at radius 2 is 1.00 bits per heavy atom. The van der Waals surface area contributed by atoms with E-state index < -0.39 is 20.6 Å². The molecule has 0 saturated heterocycles. The molecule has 0 unspecified atom stereocenters. The molecule has 128 valence electrons. The summed E-state index contributed by atoms with van der Waals surface area (Å²) in [5.74, 6) is 0. The molecule has 0 aliphatic carbocycles. The van der Waals surface area contributed by atoms with E-state index in [-0.39, 0.29) is 36.7 Å². The molecule has 0 atom stereocenters. The summed E-state index contributed by atoms with van der Waals surface area (Å²) in [5, 5.41) is 0. The predicted octanol–water partition coefficient (Wildman–Crippen LogP) is 4.00. The average Bonchev–Trinajstić information content (AvgIpc) is 2.72. The van der Waals surface area contributed by atoms with Gasteiger partial charge in [0.1, 0.15) is 0 Å². The Bertz CT molecular complexity index is 982. The Kier molecular flexibility index (Phi) is 2.94. The normalized spacial score (nSPS) is 17.9. The van der Waals surface area contributed by atoms with Crippen LogP contribution in [0.4, 0.5) is 0 Å². The van der Waals surface area contributed by atoms with Gasteiger partial charge in [-0.3, -0.25) is 19.9 Å². The largest absolute Gasteiger partial charge is 0.286 e. The highest BCUT2D eigenvalue weighted by atomic mass is 15.1. The lowest BCUT2D eigenvalue weighted by Crippen LogP contribution is -2.24. The van der Waals surface area contributed by atoms with Crippen LogP contribution in [0.2, 0.25) is 0 Å². The molecule has 4 nitrogen and oxygen atoms in total. The monoisotopic (exact) mass is 341 g/mol. The van der Waals surface area contributed by atoms with Crippen molar-refractivity contribution < 1.29 is 12.3 Å². The molecule has 3 rings (SSSR count). The Morgan fingerprint density at radius 3 is 1.32 bits per heavy atom. The molecular formula is C21H24N4. The summed E-state index contributed by atoms with van der Waals surface area (Å²) in [6, 6.07) is 14.2. The van der Waals surface area contributed by atoms with Gasteiger partial charge in [-0.1, -0.05) is 18.2 Å². The molecule has 0 aliphatic rings. The van der Waals surface area contributed by atoms with Crippen LogP contribution in [0.5, 0.6) is 0 Å². The van der Waals surface area contributed by atoms with Gasteiger partial charge in [-0.15, -0.1) is 0 Å². The first-order chi connectivity index (χ1) is 15.7. The third-order valence-corrected chi connectivity index (χ3v) is 3.58. The minimum Gasteiger partial charge on any atom is -0.286 e. The van der Waals surface area contributed by atoms with Crippen molar-refractivity contribution in [2.24, 2.45) is 0 Å². The van der Waals surface area contributed by atoms with Gasteiger partial charge >= 0.3 is 0 Å². The second kappa shape index (κ2) is 7.99. The first kappa shape index (κ1) is 9.20. The Labute approximate surface area is 162 Å². The van der Waals surface area contributed by atoms with Crippen molar-refractivity contribution in [3.05, 3.63) is 88.8 Å². The van der Waals surface area contributed by atoms with Gasteiger partial charge in [0.05, 0.1) is 17.1 Å². The number of hydrogen-bond donors (Lipinski definition) is 0. The Balaban J connectivity index is 1.92. The fraction of sp³-hybridized carbons (Fsp3) is 0.286. The molecule has 4 heteroatoms. The van der Waals surface area contributed by atoms with Crippen molar-refractivity contribution in [1.82, 2.24) is 19.9 Å². The SMILES string of the molecule is [2H]C([2H])([2H])c1cccc(CN(Cc2cccc(C([2H])([2H])[2H])n2)Cc2cccc(C([2H])([2H])[2H])n2)n1. The zero-order chi connectivity index (χ0) is 25.1. The second-order valence-corrected chi connectivity index (χ2v) is 5.69. The number of hydrogen-bond acceptors (Lipinski definition) is 4. The van der Waals surface area contributed by atoms with Gasteiger partial charge in [0.25, 0.3) is 0 Å². The van der Waals surface area contributed by atoms with Crippen LogP contribution < -0.4 is 0 Å². The highest BCUT2D eigenvalue weighted by Gasteiger charge is 2.11. The van der Waals surface area contributed by atoms with E-state index in [4.69, 9.17) is 12.3 Å². The van der Waals surface area contributed by atoms with Crippen molar-refractivity contribution in [2.45, 2.75) is 40.2 Å². The van der Waals surface area contributed by atoms with Crippen molar-refractivity contribution in [1.29, 1.82) is 0 Å². The summed E-state index contributed by atoms with van der Waals surface area (Å²) in [7, 11) is 0. The van der Waals surface area contributed by atoms with E-state index in [1.807, 2.05) is 4.90 Å². The van der Waals surface area contributed by atoms with Gasteiger partial charge in [-0.25, -0.2) is 0 Å². The lowest BCUT2D eigenvalue weighted by Gasteiger charge is -2.22. The van der Waals surface area contributed by atoms with Crippen molar-refractivity contribution in [3.63, 3.8) is 0 Å². The van der Waals surface area contributed by atoms with E-state index in [1.165, 1.54) is 18.2 Å². The van der Waals surface area contributed by atoms with Crippen LogP contribution >= 0.6 is 0 Å². The maximum absolute atomic E-state index is 7.61. The highest BCUT2D eigenvalue weighted by molar-refractivity contribution is 5.14. The summed E-state index contributed by atoms with van der Waals surface area (Å²) in [4.78, 5) is 14.6. The molecule has 0 radical (unpaired) electrons. The Hall–Kier alpha value is -2.59. The second-order valence-electron chi connectivity index (χ2n) is 5.69. The lowest BCUT2D eigenvalue weighted by molar-refractivity contribution is 0.238. The standard InChI is InChI=1S/C21H24N4/c1-16-7-4-10-19(22-16)13-25(14-20-11-5-8-17(2)23-20)15-21-12-6-9-18(3)24-21/h4-12H,13-15H2,1-3H3/i1D3,2D3,3D3. The first-order valence-corrected chi connectivity index (χ1v) is 7.83. The summed E-state index contributed by atoms with van der Waals surface area (Å²) in [6.07, 6.45) is 0. The van der Waals surface area contributed by atoms with Gasteiger partial charge in [0.2, 0.25) is 0 Å². The molecule has 0 aliphatic heterocycles. The van der Waals surface area contributed by atoms with Gasteiger partial charge in [-0.2, -0.15) is 0 Å². The fourth-order valence-corrected chi connectivity index (χ4v) is 2.56. The first-order valence-electron chi connectivity index (χ1n) is 12.3. The molecular weight excluding hydrogens is 308 g/mol. The smallest absolute Gasteiger partial charge is 0.0547 e. The topological polar surface area (TPSA) is 41.9 Å². The summed E-state index contributed by atoms with van der Waals surface area (Å²) < 4.78 is 68.5. The van der Waals surface area contributed by atoms with Crippen LogP contribution in [0.3, 0.4) is 0 Å². The van der Waals surface area contributed by atoms with Crippen molar-refractivity contribution in [3.8, 4) is 0 Å². The third-order valence-electron chi connectivity index (χ3n) is 3.58. The van der Waals surface area contributed by atoms with E-state index in [9.17, 15) is 0 Å². The molecule has 3 heterocycles. The molecule has 0 bridgehead atoms. The maximum Gasteiger partial charge on any atom is 0.0547 e. The van der Waals surface area contributed by atoms with E-state index in [1.54, 1.807) is 36.4 Å². The van der Waals surface area contributed by atoms with Crippen LogP contribution in [0.1, 0.15) is 46.5 Å². The van der Waals surface area contributed by atoms with Gasteiger partial charge in [-0.05, 0) is 57.0 Å². The van der Waals surface area contributed by atoms with Crippen LogP contribution in [0.25, 0.3) is 0 Å². The van der Waals surface area contributed by atoms with Gasteiger partial charge < -0.3 is 0 Å². The molecule has 0 aromatic carbocycles. The highest BCUT2D eigenvalue weighted by Crippen LogP contribution is 2.12. The van der Waals surface area contributed by atoms with E-state index in [0.717, 1.165) is 0 Å². The maximum atomic E-state index is 7.61. The molecule has 0 fully saturated rings. The molecule has 0 amide bonds. The summed E-state index contributed by atoms with van der Waals surface area (Å²) in [6.45, 7) is -6.43. The quantitative estimate of drug-likeness (QED) is 0.679. The third kappa shape index (κ3) is 5.19. The van der Waals surface area contributed by atoms with Crippen LogP contribution in [0, 0.1) is 20.6 Å². The minimum atomic E-state index is -2.36. The number of nitrogens with zero attached hydrogens (tertiary/aromatic N) is 4. The zero-order valence-corrected chi connectivity index (χ0v) is 13.6. The molecule has 3 aromatic heterocycles. The number of rotatable bonds is 6. The summed E-state index contributed by atoms with van der Waals surface area (Å²) >= 11 is 0. The molecule has 0 saturated carbocycles. The Morgan fingerprint density at radius 1 is 0.640 bits per heavy atom. The average molecular weight is 342 g/mol. The van der Waals surface area contributed by atoms with Gasteiger partial charge in [0.15, 0.2) is 0 Å². The number of aryl methyl sites for hydroxylation is 3. The summed E-state index contributed by atoms with van der Waals surface area (Å²) in [5.41, 5.74) is 1.38. The number of aromatic nitrogens is 3. The van der Waals surface area contributed by atoms with Crippen molar-refractivity contribution >= 4 is 0 Å². The van der Waals surface area contributed by atoms with Crippen molar-refractivity contribution in [2.75, 3.05) is 0 Å². The molecule has 3 aromatic rings. The molecule has 0 spiro atoms. The zero-order valence-electron chi connectivity index (χ0n) is 22.6. The lowest BCUT2D eigenvalue weighted by atomic mass is 10.2. The van der Waals surface area contributed by atoms with Crippen LogP contribution in [0.15, 0.2) is 54.6 Å². The van der Waals surface area contributed by atoms with E-state index in [2.05, 4.69) is 15.0 Å². The van der Waals surface area contributed by atoms with E-state index in [0.29, 0.717) is 17.1 Å². The van der Waals surface area contributed by atoms with Gasteiger partial charge in [0, 0.05) is 49.1 Å². The van der Waals surface area contributed by atoms with E-state index >= 15 is 0 Å². The number of pyridine rings is 3. The molecule has 0 N–H and O–H groups in total. The predicted molar refractivity (Wildman–Crippen MR) is 99.9 cm³/mol. The minimum absolute atomic E-state index is 0.0324. The van der Waals surface area contributed by atoms with Crippen LogP contribution in [-0.2, 0) is 19.6 Å².